The fraction of sp³-hybridized carbons (Fsp3) is 0.588. The standard InChI is InChI=1S/C17H19BrFNO/c18-14-2-1-13(19)6-15(14)20-16(21)17-7-10-3-11(8-17)5-12(4-10)9-17/h1-2,6,10-12H,3-5,7-9H2,(H,20,21). The highest BCUT2D eigenvalue weighted by atomic mass is 79.9. The molecule has 4 aliphatic carbocycles. The maximum atomic E-state index is 13.4. The van der Waals surface area contributed by atoms with Gasteiger partial charge in [0, 0.05) is 4.47 Å². The van der Waals surface area contributed by atoms with E-state index in [9.17, 15) is 9.18 Å². The van der Waals surface area contributed by atoms with Gasteiger partial charge < -0.3 is 5.32 Å². The molecule has 1 aromatic rings. The zero-order chi connectivity index (χ0) is 14.6. The van der Waals surface area contributed by atoms with Gasteiger partial charge in [0.05, 0.1) is 11.1 Å². The predicted molar refractivity (Wildman–Crippen MR) is 83.3 cm³/mol. The minimum Gasteiger partial charge on any atom is -0.324 e. The SMILES string of the molecule is O=C(Nc1cc(F)ccc1Br)C12CC3CC(CC(C3)C1)C2. The number of carbonyl (C=O) groups is 1. The van der Waals surface area contributed by atoms with E-state index in [1.807, 2.05) is 0 Å². The van der Waals surface area contributed by atoms with Gasteiger partial charge in [0.2, 0.25) is 5.91 Å². The Kier molecular flexibility index (Phi) is 3.14. The molecule has 4 aliphatic rings. The first-order valence-electron chi connectivity index (χ1n) is 7.81. The van der Waals surface area contributed by atoms with Gasteiger partial charge in [-0.1, -0.05) is 0 Å². The van der Waals surface area contributed by atoms with Crippen LogP contribution in [0.1, 0.15) is 38.5 Å². The Morgan fingerprint density at radius 3 is 2.29 bits per heavy atom. The summed E-state index contributed by atoms with van der Waals surface area (Å²) in [7, 11) is 0. The normalized spacial score (nSPS) is 36.8. The lowest BCUT2D eigenvalue weighted by molar-refractivity contribution is -0.140. The number of hydrogen-bond acceptors (Lipinski definition) is 1. The third kappa shape index (κ3) is 2.32. The summed E-state index contributed by atoms with van der Waals surface area (Å²) in [6.07, 6.45) is 7.02. The number of nitrogens with one attached hydrogen (secondary N) is 1. The van der Waals surface area contributed by atoms with Crippen molar-refractivity contribution in [2.24, 2.45) is 23.2 Å². The van der Waals surface area contributed by atoms with Crippen molar-refractivity contribution in [3.05, 3.63) is 28.5 Å². The molecule has 0 atom stereocenters. The molecule has 2 nitrogen and oxygen atoms in total. The van der Waals surface area contributed by atoms with Crippen LogP contribution in [0.4, 0.5) is 10.1 Å². The number of anilines is 1. The number of hydrogen-bond donors (Lipinski definition) is 1. The van der Waals surface area contributed by atoms with Crippen molar-refractivity contribution < 1.29 is 9.18 Å². The fourth-order valence-electron chi connectivity index (χ4n) is 5.24. The maximum absolute atomic E-state index is 13.4. The Morgan fingerprint density at radius 2 is 1.71 bits per heavy atom. The molecule has 4 fully saturated rings. The highest BCUT2D eigenvalue weighted by Gasteiger charge is 2.54. The van der Waals surface area contributed by atoms with Crippen molar-refractivity contribution >= 4 is 27.5 Å². The lowest BCUT2D eigenvalue weighted by Crippen LogP contribution is -2.51. The van der Waals surface area contributed by atoms with Crippen molar-refractivity contribution in [1.29, 1.82) is 0 Å². The molecule has 4 bridgehead atoms. The minimum absolute atomic E-state index is 0.105. The Balaban J connectivity index is 1.59. The van der Waals surface area contributed by atoms with Crippen LogP contribution >= 0.6 is 15.9 Å². The molecule has 0 radical (unpaired) electrons. The van der Waals surface area contributed by atoms with Gasteiger partial charge in [0.25, 0.3) is 0 Å². The van der Waals surface area contributed by atoms with Gasteiger partial charge >= 0.3 is 0 Å². The molecule has 112 valence electrons. The van der Waals surface area contributed by atoms with Crippen molar-refractivity contribution in [1.82, 2.24) is 0 Å². The minimum atomic E-state index is -0.320. The van der Waals surface area contributed by atoms with Gasteiger partial charge in [-0.15, -0.1) is 0 Å². The Labute approximate surface area is 132 Å². The van der Waals surface area contributed by atoms with Crippen molar-refractivity contribution in [2.45, 2.75) is 38.5 Å². The van der Waals surface area contributed by atoms with Crippen LogP contribution in [-0.2, 0) is 4.79 Å². The summed E-state index contributed by atoms with van der Waals surface area (Å²) >= 11 is 3.39. The molecule has 0 heterocycles. The fourth-order valence-corrected chi connectivity index (χ4v) is 5.58. The van der Waals surface area contributed by atoms with E-state index in [-0.39, 0.29) is 17.1 Å². The first-order valence-corrected chi connectivity index (χ1v) is 8.60. The van der Waals surface area contributed by atoms with Crippen LogP contribution < -0.4 is 5.32 Å². The number of halogens is 2. The number of carbonyl (C=O) groups excluding carboxylic acids is 1. The molecule has 1 N–H and O–H groups in total. The van der Waals surface area contributed by atoms with E-state index < -0.39 is 0 Å². The number of amides is 1. The summed E-state index contributed by atoms with van der Waals surface area (Å²) in [6.45, 7) is 0. The predicted octanol–water partition coefficient (Wildman–Crippen LogP) is 4.74. The van der Waals surface area contributed by atoms with Crippen LogP contribution in [-0.4, -0.2) is 5.91 Å². The molecule has 21 heavy (non-hydrogen) atoms. The summed E-state index contributed by atoms with van der Waals surface area (Å²) in [5.41, 5.74) is 0.358. The number of benzene rings is 1. The first kappa shape index (κ1) is 13.7. The first-order chi connectivity index (χ1) is 10.0. The monoisotopic (exact) mass is 351 g/mol. The molecule has 0 unspecified atom stereocenters. The molecule has 0 aromatic heterocycles. The molecule has 1 amide bonds. The summed E-state index contributed by atoms with van der Waals surface area (Å²) in [5, 5.41) is 2.98. The van der Waals surface area contributed by atoms with Crippen LogP contribution in [0, 0.1) is 29.0 Å². The Hall–Kier alpha value is -0.900. The van der Waals surface area contributed by atoms with E-state index >= 15 is 0 Å². The molecule has 4 saturated carbocycles. The van der Waals surface area contributed by atoms with Gasteiger partial charge in [-0.2, -0.15) is 0 Å². The molecule has 4 heteroatoms. The second-order valence-corrected chi connectivity index (χ2v) is 8.13. The molecular formula is C17H19BrFNO. The van der Waals surface area contributed by atoms with Crippen molar-refractivity contribution in [3.63, 3.8) is 0 Å². The smallest absolute Gasteiger partial charge is 0.230 e. The van der Waals surface area contributed by atoms with Crippen LogP contribution in [0.5, 0.6) is 0 Å². The van der Waals surface area contributed by atoms with E-state index in [2.05, 4.69) is 21.2 Å². The molecule has 0 saturated heterocycles. The summed E-state index contributed by atoms with van der Waals surface area (Å²) in [6, 6.07) is 4.43. The van der Waals surface area contributed by atoms with Gasteiger partial charge in [-0.3, -0.25) is 4.79 Å². The van der Waals surface area contributed by atoms with E-state index in [0.29, 0.717) is 5.69 Å². The van der Waals surface area contributed by atoms with Gasteiger partial charge in [0.1, 0.15) is 5.82 Å². The van der Waals surface area contributed by atoms with Gasteiger partial charge in [-0.25, -0.2) is 4.39 Å². The van der Waals surface area contributed by atoms with Crippen LogP contribution in [0.2, 0.25) is 0 Å². The van der Waals surface area contributed by atoms with E-state index in [1.165, 1.54) is 31.4 Å². The van der Waals surface area contributed by atoms with E-state index in [1.54, 1.807) is 6.07 Å². The second-order valence-electron chi connectivity index (χ2n) is 7.28. The summed E-state index contributed by atoms with van der Waals surface area (Å²) in [4.78, 5) is 12.9. The summed E-state index contributed by atoms with van der Waals surface area (Å²) in [5.74, 6) is 1.99. The third-order valence-electron chi connectivity index (χ3n) is 5.70. The lowest BCUT2D eigenvalue weighted by Gasteiger charge is -2.55. The van der Waals surface area contributed by atoms with Crippen LogP contribution in [0.25, 0.3) is 0 Å². The van der Waals surface area contributed by atoms with Gasteiger partial charge in [0.15, 0.2) is 0 Å². The molecule has 1 aromatic carbocycles. The largest absolute Gasteiger partial charge is 0.324 e. The Bertz CT molecular complexity index is 565. The molecular weight excluding hydrogens is 333 g/mol. The average Bonchev–Trinajstić information content (AvgIpc) is 2.41. The van der Waals surface area contributed by atoms with Crippen LogP contribution in [0.15, 0.2) is 22.7 Å². The third-order valence-corrected chi connectivity index (χ3v) is 6.39. The lowest BCUT2D eigenvalue weighted by atomic mass is 9.49. The number of rotatable bonds is 2. The maximum Gasteiger partial charge on any atom is 0.230 e. The zero-order valence-electron chi connectivity index (χ0n) is 11.9. The van der Waals surface area contributed by atoms with Gasteiger partial charge in [-0.05, 0) is 90.4 Å². The quantitative estimate of drug-likeness (QED) is 0.818. The summed E-state index contributed by atoms with van der Waals surface area (Å²) < 4.78 is 14.1. The molecule has 0 aliphatic heterocycles. The molecule has 5 rings (SSSR count). The van der Waals surface area contributed by atoms with E-state index in [4.69, 9.17) is 0 Å². The topological polar surface area (TPSA) is 29.1 Å². The Morgan fingerprint density at radius 1 is 1.14 bits per heavy atom. The second kappa shape index (κ2) is 4.80. The highest BCUT2D eigenvalue weighted by molar-refractivity contribution is 9.10. The van der Waals surface area contributed by atoms with Crippen molar-refractivity contribution in [3.8, 4) is 0 Å². The zero-order valence-corrected chi connectivity index (χ0v) is 13.5. The average molecular weight is 352 g/mol. The van der Waals surface area contributed by atoms with Crippen LogP contribution in [0.3, 0.4) is 0 Å². The van der Waals surface area contributed by atoms with E-state index in [0.717, 1.165) is 41.5 Å². The highest BCUT2D eigenvalue weighted by Crippen LogP contribution is 2.60. The van der Waals surface area contributed by atoms with Crippen molar-refractivity contribution in [2.75, 3.05) is 5.32 Å². The molecule has 0 spiro atoms.